The van der Waals surface area contributed by atoms with Crippen LogP contribution in [0, 0.1) is 17.3 Å². The molecule has 4 aliphatic carbocycles. The first-order valence-corrected chi connectivity index (χ1v) is 14.5. The van der Waals surface area contributed by atoms with E-state index in [1.54, 1.807) is 4.90 Å². The number of carbonyl (C=O) groups is 1. The number of piperidine rings is 1. The lowest BCUT2D eigenvalue weighted by Gasteiger charge is -2.60. The fraction of sp³-hybridized carbons (Fsp3) is 0.630. The van der Waals surface area contributed by atoms with E-state index in [1.807, 2.05) is 12.4 Å². The number of imidazole rings is 1. The van der Waals surface area contributed by atoms with Gasteiger partial charge in [0.15, 0.2) is 0 Å². The molecule has 190 valence electrons. The number of quaternary nitrogens is 1. The SMILES string of the molecule is O=C(Nc1nc2ccccc2n1CC[NH+]1CCCCC1)C12CC3CC(C1)CC(n1cnc(Br)n1)(C3)C2. The number of rotatable bonds is 6. The lowest BCUT2D eigenvalue weighted by molar-refractivity contribution is -0.905. The molecule has 3 aromatic rings. The van der Waals surface area contributed by atoms with Crippen molar-refractivity contribution in [1.82, 2.24) is 24.3 Å². The number of carbonyl (C=O) groups excluding carboxylic acids is 1. The van der Waals surface area contributed by atoms with Gasteiger partial charge < -0.3 is 9.47 Å². The Morgan fingerprint density at radius 3 is 2.64 bits per heavy atom. The van der Waals surface area contributed by atoms with E-state index in [-0.39, 0.29) is 16.9 Å². The number of halogens is 1. The summed E-state index contributed by atoms with van der Waals surface area (Å²) in [5.41, 5.74) is 1.61. The zero-order valence-electron chi connectivity index (χ0n) is 20.8. The lowest BCUT2D eigenvalue weighted by atomic mass is 9.46. The number of amides is 1. The van der Waals surface area contributed by atoms with E-state index in [9.17, 15) is 4.79 Å². The number of aromatic nitrogens is 5. The molecule has 9 heteroatoms. The molecule has 1 aliphatic heterocycles. The summed E-state index contributed by atoms with van der Waals surface area (Å²) in [6.07, 6.45) is 12.1. The van der Waals surface area contributed by atoms with Crippen molar-refractivity contribution in [1.29, 1.82) is 0 Å². The van der Waals surface area contributed by atoms with Gasteiger partial charge in [-0.2, -0.15) is 0 Å². The maximum absolute atomic E-state index is 14.2. The van der Waals surface area contributed by atoms with Crippen LogP contribution >= 0.6 is 15.9 Å². The summed E-state index contributed by atoms with van der Waals surface area (Å²) in [4.78, 5) is 25.1. The van der Waals surface area contributed by atoms with E-state index in [0.717, 1.165) is 56.2 Å². The molecule has 5 fully saturated rings. The van der Waals surface area contributed by atoms with Gasteiger partial charge in [-0.05, 0) is 97.7 Å². The molecule has 4 bridgehead atoms. The van der Waals surface area contributed by atoms with E-state index in [0.29, 0.717) is 22.5 Å². The Labute approximate surface area is 220 Å². The number of hydrogen-bond acceptors (Lipinski definition) is 4. The summed E-state index contributed by atoms with van der Waals surface area (Å²) in [7, 11) is 0. The van der Waals surface area contributed by atoms with Gasteiger partial charge in [0.1, 0.15) is 6.33 Å². The maximum atomic E-state index is 14.2. The van der Waals surface area contributed by atoms with Gasteiger partial charge in [-0.1, -0.05) is 12.1 Å². The minimum absolute atomic E-state index is 0.0990. The van der Waals surface area contributed by atoms with E-state index >= 15 is 0 Å². The van der Waals surface area contributed by atoms with Crippen molar-refractivity contribution in [3.8, 4) is 0 Å². The monoisotopic (exact) mass is 552 g/mol. The Hall–Kier alpha value is -2.26. The number of likely N-dealkylation sites (tertiary alicyclic amines) is 1. The van der Waals surface area contributed by atoms with Gasteiger partial charge in [-0.25, -0.2) is 14.6 Å². The van der Waals surface area contributed by atoms with Gasteiger partial charge in [0.05, 0.1) is 48.2 Å². The Morgan fingerprint density at radius 1 is 1.11 bits per heavy atom. The first-order chi connectivity index (χ1) is 17.5. The third kappa shape index (κ3) is 3.81. The molecule has 2 N–H and O–H groups in total. The summed E-state index contributed by atoms with van der Waals surface area (Å²) >= 11 is 3.43. The van der Waals surface area contributed by atoms with Gasteiger partial charge in [0, 0.05) is 0 Å². The van der Waals surface area contributed by atoms with Crippen LogP contribution in [0.4, 0.5) is 5.95 Å². The molecule has 1 amide bonds. The highest BCUT2D eigenvalue weighted by Crippen LogP contribution is 2.64. The van der Waals surface area contributed by atoms with Crippen molar-refractivity contribution in [3.63, 3.8) is 0 Å². The summed E-state index contributed by atoms with van der Waals surface area (Å²) in [6, 6.07) is 8.28. The van der Waals surface area contributed by atoms with Gasteiger partial charge in [0.25, 0.3) is 0 Å². The standard InChI is InChI=1S/C27H34BrN7O/c28-24-29-18-35(32-24)27-15-19-12-20(16-27)14-26(13-19,17-27)23(36)31-25-30-21-6-2-3-7-22(21)34(25)11-10-33-8-4-1-5-9-33/h2-3,6-7,18-20H,1,4-5,8-17H2,(H,30,31,36)/p+1. The van der Waals surface area contributed by atoms with Crippen LogP contribution in [0.25, 0.3) is 11.0 Å². The van der Waals surface area contributed by atoms with Crippen molar-refractivity contribution >= 4 is 38.8 Å². The number of fused-ring (bicyclic) bond motifs is 1. The van der Waals surface area contributed by atoms with Crippen LogP contribution in [0.3, 0.4) is 0 Å². The average molecular weight is 554 g/mol. The minimum atomic E-state index is -0.358. The summed E-state index contributed by atoms with van der Waals surface area (Å²) < 4.78 is 4.94. The van der Waals surface area contributed by atoms with Crippen molar-refractivity contribution in [2.75, 3.05) is 25.0 Å². The van der Waals surface area contributed by atoms with Crippen LogP contribution < -0.4 is 10.2 Å². The molecular formula is C27H35BrN7O+. The molecule has 5 aliphatic rings. The van der Waals surface area contributed by atoms with Gasteiger partial charge >= 0.3 is 0 Å². The fourth-order valence-electron chi connectivity index (χ4n) is 8.42. The topological polar surface area (TPSA) is 82.1 Å². The first kappa shape index (κ1) is 22.9. The molecule has 8 rings (SSSR count). The highest BCUT2D eigenvalue weighted by molar-refractivity contribution is 9.10. The van der Waals surface area contributed by atoms with Crippen molar-refractivity contribution in [2.45, 2.75) is 69.9 Å². The molecule has 36 heavy (non-hydrogen) atoms. The fourth-order valence-corrected chi connectivity index (χ4v) is 8.68. The Balaban J connectivity index is 1.18. The first-order valence-electron chi connectivity index (χ1n) is 13.7. The molecule has 4 saturated carbocycles. The molecule has 1 saturated heterocycles. The molecule has 0 radical (unpaired) electrons. The van der Waals surface area contributed by atoms with Crippen LogP contribution in [0.1, 0.15) is 57.8 Å². The van der Waals surface area contributed by atoms with E-state index in [1.165, 1.54) is 38.8 Å². The third-order valence-electron chi connectivity index (χ3n) is 9.59. The van der Waals surface area contributed by atoms with Crippen LogP contribution in [0.5, 0.6) is 0 Å². The molecule has 1 aromatic carbocycles. The van der Waals surface area contributed by atoms with Crippen LogP contribution in [-0.4, -0.2) is 49.9 Å². The summed E-state index contributed by atoms with van der Waals surface area (Å²) in [5.74, 6) is 2.01. The van der Waals surface area contributed by atoms with Crippen molar-refractivity contribution in [3.05, 3.63) is 35.3 Å². The summed E-state index contributed by atoms with van der Waals surface area (Å²) in [6.45, 7) is 4.45. The molecule has 8 nitrogen and oxygen atoms in total. The normalized spacial score (nSPS) is 31.8. The minimum Gasteiger partial charge on any atom is -0.333 e. The largest absolute Gasteiger partial charge is 0.333 e. The van der Waals surface area contributed by atoms with E-state index < -0.39 is 0 Å². The smallest absolute Gasteiger partial charge is 0.233 e. The van der Waals surface area contributed by atoms with Crippen LogP contribution in [-0.2, 0) is 16.9 Å². The number of hydrogen-bond donors (Lipinski definition) is 2. The van der Waals surface area contributed by atoms with Crippen LogP contribution in [0.2, 0.25) is 0 Å². The zero-order chi connectivity index (χ0) is 24.3. The van der Waals surface area contributed by atoms with Gasteiger partial charge in [-0.3, -0.25) is 10.1 Å². The maximum Gasteiger partial charge on any atom is 0.233 e. The average Bonchev–Trinajstić information content (AvgIpc) is 3.46. The molecular weight excluding hydrogens is 518 g/mol. The Kier molecular flexibility index (Phi) is 5.50. The molecule has 2 unspecified atom stereocenters. The molecule has 2 atom stereocenters. The quantitative estimate of drug-likeness (QED) is 0.491. The zero-order valence-corrected chi connectivity index (χ0v) is 22.3. The number of para-hydroxylation sites is 2. The number of benzene rings is 1. The Bertz CT molecular complexity index is 1280. The lowest BCUT2D eigenvalue weighted by Crippen LogP contribution is -3.13. The highest BCUT2D eigenvalue weighted by atomic mass is 79.9. The third-order valence-corrected chi connectivity index (χ3v) is 9.95. The van der Waals surface area contributed by atoms with Crippen LogP contribution in [0.15, 0.2) is 35.3 Å². The summed E-state index contributed by atoms with van der Waals surface area (Å²) in [5, 5.41) is 8.03. The van der Waals surface area contributed by atoms with Gasteiger partial charge in [-0.15, -0.1) is 5.10 Å². The second-order valence-corrected chi connectivity index (χ2v) is 12.7. The Morgan fingerprint density at radius 2 is 1.89 bits per heavy atom. The predicted octanol–water partition coefficient (Wildman–Crippen LogP) is 3.39. The van der Waals surface area contributed by atoms with Crippen molar-refractivity contribution in [2.24, 2.45) is 17.3 Å². The van der Waals surface area contributed by atoms with Crippen molar-refractivity contribution < 1.29 is 9.69 Å². The number of anilines is 1. The predicted molar refractivity (Wildman–Crippen MR) is 141 cm³/mol. The number of nitrogens with zero attached hydrogens (tertiary/aromatic N) is 5. The highest BCUT2D eigenvalue weighted by Gasteiger charge is 2.62. The molecule has 0 spiro atoms. The van der Waals surface area contributed by atoms with E-state index in [4.69, 9.17) is 4.98 Å². The second-order valence-electron chi connectivity index (χ2n) is 12.0. The van der Waals surface area contributed by atoms with Gasteiger partial charge in [0.2, 0.25) is 16.6 Å². The van der Waals surface area contributed by atoms with E-state index in [2.05, 4.69) is 58.8 Å². The molecule has 2 aromatic heterocycles. The number of nitrogens with one attached hydrogen (secondary N) is 2. The second kappa shape index (κ2) is 8.65. The molecule has 3 heterocycles.